The van der Waals surface area contributed by atoms with Crippen molar-refractivity contribution in [2.24, 2.45) is 35.5 Å². The first-order chi connectivity index (χ1) is 14.6. The van der Waals surface area contributed by atoms with Crippen molar-refractivity contribution < 1.29 is 19.1 Å². The lowest BCUT2D eigenvalue weighted by molar-refractivity contribution is -0.142. The summed E-state index contributed by atoms with van der Waals surface area (Å²) in [7, 11) is 0. The van der Waals surface area contributed by atoms with Crippen LogP contribution in [0.5, 0.6) is 0 Å². The van der Waals surface area contributed by atoms with Crippen LogP contribution >= 0.6 is 0 Å². The molecule has 2 bridgehead atoms. The number of likely N-dealkylation sites (tertiary alicyclic amines) is 1. The van der Waals surface area contributed by atoms with Crippen LogP contribution < -0.4 is 10.2 Å². The van der Waals surface area contributed by atoms with Gasteiger partial charge >= 0.3 is 0 Å². The van der Waals surface area contributed by atoms with Crippen LogP contribution in [-0.4, -0.2) is 60.5 Å². The Morgan fingerprint density at radius 1 is 1.10 bits per heavy atom. The summed E-state index contributed by atoms with van der Waals surface area (Å²) in [5, 5.41) is 2.87. The molecule has 6 aliphatic rings. The maximum Gasteiger partial charge on any atom is 0.244 e. The number of carbonyl (C=O) groups is 3. The fourth-order valence-corrected chi connectivity index (χ4v) is 6.03. The highest BCUT2D eigenvalue weighted by Gasteiger charge is 2.67. The van der Waals surface area contributed by atoms with E-state index in [1.54, 1.807) is 18.3 Å². The number of ether oxygens (including phenoxy) is 1. The summed E-state index contributed by atoms with van der Waals surface area (Å²) in [6.07, 6.45) is 7.09. The van der Waals surface area contributed by atoms with Crippen LogP contribution in [0.25, 0.3) is 0 Å². The molecule has 2 saturated heterocycles. The van der Waals surface area contributed by atoms with Crippen molar-refractivity contribution in [3.63, 3.8) is 0 Å². The second kappa shape index (κ2) is 6.63. The maximum absolute atomic E-state index is 13.1. The number of nitrogens with zero attached hydrogens (tertiary/aromatic N) is 3. The van der Waals surface area contributed by atoms with E-state index in [1.807, 2.05) is 0 Å². The normalized spacial score (nSPS) is 36.0. The van der Waals surface area contributed by atoms with E-state index in [9.17, 15) is 14.4 Å². The van der Waals surface area contributed by atoms with Gasteiger partial charge in [0, 0.05) is 19.3 Å². The number of amides is 3. The third kappa shape index (κ3) is 2.62. The molecule has 1 aromatic heterocycles. The number of carbonyl (C=O) groups excluding carboxylic acids is 3. The average molecular weight is 408 g/mol. The molecule has 6 atom stereocenters. The average Bonchev–Trinajstić information content (AvgIpc) is 3.56. The fourth-order valence-electron chi connectivity index (χ4n) is 6.03. The van der Waals surface area contributed by atoms with Crippen molar-refractivity contribution >= 4 is 29.2 Å². The molecular weight excluding hydrogens is 384 g/mol. The van der Waals surface area contributed by atoms with Crippen LogP contribution in [0.4, 0.5) is 11.5 Å². The van der Waals surface area contributed by atoms with E-state index in [0.717, 1.165) is 6.42 Å². The molecule has 0 radical (unpaired) electrons. The number of anilines is 2. The maximum atomic E-state index is 13.1. The third-order valence-electron chi connectivity index (χ3n) is 7.43. The van der Waals surface area contributed by atoms with Gasteiger partial charge in [-0.15, -0.1) is 0 Å². The molecule has 1 N–H and O–H groups in total. The van der Waals surface area contributed by atoms with Crippen molar-refractivity contribution in [3.05, 3.63) is 30.5 Å². The summed E-state index contributed by atoms with van der Waals surface area (Å²) in [5.41, 5.74) is 0.587. The van der Waals surface area contributed by atoms with Crippen LogP contribution in [0.3, 0.4) is 0 Å². The van der Waals surface area contributed by atoms with Crippen LogP contribution in [0.2, 0.25) is 0 Å². The van der Waals surface area contributed by atoms with E-state index in [4.69, 9.17) is 4.74 Å². The zero-order valence-corrected chi connectivity index (χ0v) is 16.6. The molecule has 0 unspecified atom stereocenters. The molecule has 8 nitrogen and oxygen atoms in total. The van der Waals surface area contributed by atoms with Gasteiger partial charge in [0.25, 0.3) is 0 Å². The number of nitrogens with one attached hydrogen (secondary N) is 1. The lowest BCUT2D eigenvalue weighted by Gasteiger charge is -2.37. The molecule has 1 aromatic rings. The Labute approximate surface area is 174 Å². The van der Waals surface area contributed by atoms with Crippen molar-refractivity contribution in [3.8, 4) is 0 Å². The Morgan fingerprint density at radius 2 is 1.77 bits per heavy atom. The summed E-state index contributed by atoms with van der Waals surface area (Å²) >= 11 is 0. The highest BCUT2D eigenvalue weighted by atomic mass is 16.5. The van der Waals surface area contributed by atoms with Gasteiger partial charge in [-0.2, -0.15) is 0 Å². The zero-order chi connectivity index (χ0) is 20.4. The third-order valence-corrected chi connectivity index (χ3v) is 7.43. The minimum Gasteiger partial charge on any atom is -0.378 e. The molecule has 30 heavy (non-hydrogen) atoms. The zero-order valence-electron chi connectivity index (χ0n) is 16.6. The van der Waals surface area contributed by atoms with E-state index in [-0.39, 0.29) is 47.9 Å². The Kier molecular flexibility index (Phi) is 3.99. The number of rotatable bonds is 4. The van der Waals surface area contributed by atoms with Crippen LogP contribution in [0, 0.1) is 35.5 Å². The second-order valence-electron chi connectivity index (χ2n) is 8.94. The monoisotopic (exact) mass is 408 g/mol. The van der Waals surface area contributed by atoms with Gasteiger partial charge < -0.3 is 15.0 Å². The largest absolute Gasteiger partial charge is 0.378 e. The lowest BCUT2D eigenvalue weighted by atomic mass is 9.63. The number of aromatic nitrogens is 1. The first-order valence-electron chi connectivity index (χ1n) is 10.7. The molecule has 0 aromatic carbocycles. The molecule has 156 valence electrons. The van der Waals surface area contributed by atoms with Crippen molar-refractivity contribution in [2.75, 3.05) is 43.1 Å². The first kappa shape index (κ1) is 18.1. The topological polar surface area (TPSA) is 91.8 Å². The minimum atomic E-state index is -0.372. The molecule has 8 heteroatoms. The predicted molar refractivity (Wildman–Crippen MR) is 107 cm³/mol. The van der Waals surface area contributed by atoms with Gasteiger partial charge in [-0.25, -0.2) is 4.98 Å². The Hall–Kier alpha value is -2.74. The van der Waals surface area contributed by atoms with E-state index in [1.165, 1.54) is 4.90 Å². The lowest BCUT2D eigenvalue weighted by Crippen LogP contribution is -2.40. The van der Waals surface area contributed by atoms with Gasteiger partial charge in [0.05, 0.1) is 30.7 Å². The van der Waals surface area contributed by atoms with Gasteiger partial charge in [-0.1, -0.05) is 12.2 Å². The van der Waals surface area contributed by atoms with Crippen molar-refractivity contribution in [1.82, 2.24) is 9.88 Å². The predicted octanol–water partition coefficient (Wildman–Crippen LogP) is 0.910. The molecule has 0 spiro atoms. The number of imide groups is 1. The molecule has 3 amide bonds. The van der Waals surface area contributed by atoms with Gasteiger partial charge in [-0.05, 0) is 42.2 Å². The summed E-state index contributed by atoms with van der Waals surface area (Å²) in [6, 6.07) is 3.55. The fraction of sp³-hybridized carbons (Fsp3) is 0.545. The molecule has 2 saturated carbocycles. The summed E-state index contributed by atoms with van der Waals surface area (Å²) in [4.78, 5) is 46.6. The van der Waals surface area contributed by atoms with E-state index in [0.29, 0.717) is 49.6 Å². The quantitative estimate of drug-likeness (QED) is 0.588. The standard InChI is InChI=1S/C22H24N4O4/c27-17(24-16-2-1-5-23-20(16)25-6-8-30-9-7-25)11-26-21(28)18-12-3-4-13(15-10-14(12)15)19(18)22(26)29/h1-5,12-15,18-19H,6-11H2,(H,24,27)/t12-,13-,14-,15+,18-,19+/m0/s1. The number of allylic oxidation sites excluding steroid dienone is 2. The highest BCUT2D eigenvalue weighted by Crippen LogP contribution is 2.65. The van der Waals surface area contributed by atoms with Crippen LogP contribution in [0.15, 0.2) is 30.5 Å². The Balaban J connectivity index is 1.18. The van der Waals surface area contributed by atoms with E-state index >= 15 is 0 Å². The van der Waals surface area contributed by atoms with Crippen LogP contribution in [-0.2, 0) is 19.1 Å². The van der Waals surface area contributed by atoms with Crippen LogP contribution in [0.1, 0.15) is 6.42 Å². The van der Waals surface area contributed by atoms with Gasteiger partial charge in [0.1, 0.15) is 6.54 Å². The first-order valence-corrected chi connectivity index (χ1v) is 10.7. The summed E-state index contributed by atoms with van der Waals surface area (Å²) in [6.45, 7) is 2.38. The number of morpholine rings is 1. The van der Waals surface area contributed by atoms with Gasteiger partial charge in [0.2, 0.25) is 17.7 Å². The van der Waals surface area contributed by atoms with E-state index in [2.05, 4.69) is 27.4 Å². The molecule has 7 rings (SSSR count). The molecular formula is C22H24N4O4. The van der Waals surface area contributed by atoms with Gasteiger partial charge in [0.15, 0.2) is 5.82 Å². The molecule has 3 heterocycles. The molecule has 2 aliphatic heterocycles. The summed E-state index contributed by atoms with van der Waals surface area (Å²) in [5.74, 6) is 0.858. The SMILES string of the molecule is O=C(CN1C(=O)[C@@H]2[C@H]3C=C[C@@H]([C@@H]4C[C@H]34)[C@@H]2C1=O)Nc1cccnc1N1CCOCC1. The number of pyridine rings is 1. The smallest absolute Gasteiger partial charge is 0.244 e. The molecule has 4 aliphatic carbocycles. The summed E-state index contributed by atoms with van der Waals surface area (Å²) < 4.78 is 5.39. The van der Waals surface area contributed by atoms with E-state index < -0.39 is 0 Å². The van der Waals surface area contributed by atoms with Crippen molar-refractivity contribution in [2.45, 2.75) is 6.42 Å². The minimum absolute atomic E-state index is 0.167. The Morgan fingerprint density at radius 3 is 2.43 bits per heavy atom. The highest BCUT2D eigenvalue weighted by molar-refractivity contribution is 6.09. The molecule has 4 fully saturated rings. The Bertz CT molecular complexity index is 920. The van der Waals surface area contributed by atoms with Gasteiger partial charge in [-0.3, -0.25) is 19.3 Å². The number of hydrogen-bond donors (Lipinski definition) is 1. The second-order valence-corrected chi connectivity index (χ2v) is 8.94. The number of hydrogen-bond acceptors (Lipinski definition) is 6. The van der Waals surface area contributed by atoms with Crippen molar-refractivity contribution in [1.29, 1.82) is 0 Å².